The molecule has 1 aromatic rings. The van der Waals surface area contributed by atoms with Crippen molar-refractivity contribution < 1.29 is 0 Å². The molecule has 0 bridgehead atoms. The topological polar surface area (TPSA) is 58.3 Å². The Morgan fingerprint density at radius 1 is 1.21 bits per heavy atom. The second-order valence-corrected chi connectivity index (χ2v) is 5.09. The molecule has 1 fully saturated rings. The van der Waals surface area contributed by atoms with E-state index < -0.39 is 0 Å². The molecule has 0 aliphatic carbocycles. The molecule has 1 aliphatic rings. The van der Waals surface area contributed by atoms with Crippen molar-refractivity contribution in [2.45, 2.75) is 26.7 Å². The van der Waals surface area contributed by atoms with E-state index in [2.05, 4.69) is 32.8 Å². The van der Waals surface area contributed by atoms with Crippen LogP contribution in [0.1, 0.15) is 24.9 Å². The zero-order valence-corrected chi connectivity index (χ0v) is 12.1. The Kier molecular flexibility index (Phi) is 5.10. The molecule has 5 nitrogen and oxygen atoms in total. The number of nitrogens with zero attached hydrogens (tertiary/aromatic N) is 4. The zero-order valence-electron chi connectivity index (χ0n) is 12.1. The lowest BCUT2D eigenvalue weighted by molar-refractivity contribution is 0.302. The van der Waals surface area contributed by atoms with Crippen molar-refractivity contribution in [1.29, 1.82) is 0 Å². The van der Waals surface area contributed by atoms with Gasteiger partial charge in [0.25, 0.3) is 0 Å². The number of rotatable bonds is 4. The number of anilines is 1. The first-order chi connectivity index (χ1) is 9.22. The van der Waals surface area contributed by atoms with Crippen LogP contribution in [0.3, 0.4) is 0 Å². The quantitative estimate of drug-likeness (QED) is 0.871. The van der Waals surface area contributed by atoms with Gasteiger partial charge in [0.05, 0.1) is 0 Å². The summed E-state index contributed by atoms with van der Waals surface area (Å²) in [7, 11) is 0. The molecule has 1 saturated heterocycles. The predicted molar refractivity (Wildman–Crippen MR) is 78.5 cm³/mol. The van der Waals surface area contributed by atoms with Gasteiger partial charge in [-0.05, 0) is 26.3 Å². The van der Waals surface area contributed by atoms with Crippen molar-refractivity contribution >= 4 is 5.82 Å². The second kappa shape index (κ2) is 6.82. The number of hydrogen-bond acceptors (Lipinski definition) is 5. The third-order valence-corrected chi connectivity index (χ3v) is 3.60. The minimum atomic E-state index is 0.743. The summed E-state index contributed by atoms with van der Waals surface area (Å²) in [5.74, 6) is 1.95. The lowest BCUT2D eigenvalue weighted by Crippen LogP contribution is -2.34. The summed E-state index contributed by atoms with van der Waals surface area (Å²) in [6, 6.07) is 2.13. The molecule has 0 radical (unpaired) electrons. The van der Waals surface area contributed by atoms with Crippen LogP contribution in [0.15, 0.2) is 6.07 Å². The summed E-state index contributed by atoms with van der Waals surface area (Å²) in [4.78, 5) is 13.9. The largest absolute Gasteiger partial charge is 0.355 e. The van der Waals surface area contributed by atoms with E-state index in [9.17, 15) is 0 Å². The molecule has 2 rings (SSSR count). The summed E-state index contributed by atoms with van der Waals surface area (Å²) < 4.78 is 0. The lowest BCUT2D eigenvalue weighted by atomic mass is 10.3. The zero-order chi connectivity index (χ0) is 13.7. The van der Waals surface area contributed by atoms with Gasteiger partial charge in [-0.25, -0.2) is 9.97 Å². The van der Waals surface area contributed by atoms with Gasteiger partial charge in [-0.15, -0.1) is 0 Å². The molecule has 1 aliphatic heterocycles. The van der Waals surface area contributed by atoms with Gasteiger partial charge in [-0.2, -0.15) is 0 Å². The number of aryl methyl sites for hydroxylation is 2. The third-order valence-electron chi connectivity index (χ3n) is 3.60. The van der Waals surface area contributed by atoms with Gasteiger partial charge in [0.2, 0.25) is 0 Å². The molecule has 0 saturated carbocycles. The van der Waals surface area contributed by atoms with E-state index in [1.165, 1.54) is 6.42 Å². The summed E-state index contributed by atoms with van der Waals surface area (Å²) >= 11 is 0. The molecule has 0 unspecified atom stereocenters. The molecular formula is C14H25N5. The van der Waals surface area contributed by atoms with Gasteiger partial charge in [0.1, 0.15) is 11.6 Å². The van der Waals surface area contributed by atoms with Gasteiger partial charge >= 0.3 is 0 Å². The number of nitrogens with two attached hydrogens (primary N) is 1. The van der Waals surface area contributed by atoms with Crippen molar-refractivity contribution in [1.82, 2.24) is 14.9 Å². The summed E-state index contributed by atoms with van der Waals surface area (Å²) in [6.07, 6.45) is 2.13. The average molecular weight is 263 g/mol. The van der Waals surface area contributed by atoms with Gasteiger partial charge in [-0.1, -0.05) is 6.92 Å². The highest BCUT2D eigenvalue weighted by atomic mass is 15.3. The van der Waals surface area contributed by atoms with Crippen molar-refractivity contribution in [3.63, 3.8) is 0 Å². The van der Waals surface area contributed by atoms with E-state index in [0.717, 1.165) is 63.0 Å². The van der Waals surface area contributed by atoms with Crippen molar-refractivity contribution in [3.8, 4) is 0 Å². The van der Waals surface area contributed by atoms with Gasteiger partial charge in [0, 0.05) is 44.5 Å². The lowest BCUT2D eigenvalue weighted by Gasteiger charge is -2.23. The van der Waals surface area contributed by atoms with Gasteiger partial charge in [-0.3, -0.25) is 0 Å². The van der Waals surface area contributed by atoms with Crippen LogP contribution in [0.25, 0.3) is 0 Å². The van der Waals surface area contributed by atoms with E-state index in [-0.39, 0.29) is 0 Å². The SMILES string of the molecule is CCc1cc(N2CCCN(CCN)CC2)nc(C)n1. The molecule has 1 aromatic heterocycles. The molecule has 0 aromatic carbocycles. The van der Waals surface area contributed by atoms with Crippen LogP contribution in [-0.4, -0.2) is 54.1 Å². The number of aromatic nitrogens is 2. The minimum Gasteiger partial charge on any atom is -0.355 e. The highest BCUT2D eigenvalue weighted by Gasteiger charge is 2.16. The highest BCUT2D eigenvalue weighted by Crippen LogP contribution is 2.15. The Hall–Kier alpha value is -1.20. The molecule has 2 heterocycles. The van der Waals surface area contributed by atoms with Crippen LogP contribution in [-0.2, 0) is 6.42 Å². The van der Waals surface area contributed by atoms with Crippen molar-refractivity contribution in [2.24, 2.45) is 5.73 Å². The smallest absolute Gasteiger partial charge is 0.132 e. The monoisotopic (exact) mass is 263 g/mol. The maximum Gasteiger partial charge on any atom is 0.132 e. The van der Waals surface area contributed by atoms with Crippen LogP contribution in [0.4, 0.5) is 5.82 Å². The van der Waals surface area contributed by atoms with E-state index >= 15 is 0 Å². The van der Waals surface area contributed by atoms with E-state index in [1.807, 2.05) is 6.92 Å². The average Bonchev–Trinajstić information content (AvgIpc) is 2.64. The van der Waals surface area contributed by atoms with Crippen LogP contribution >= 0.6 is 0 Å². The third kappa shape index (κ3) is 3.88. The molecule has 0 amide bonds. The summed E-state index contributed by atoms with van der Waals surface area (Å²) in [6.45, 7) is 10.2. The predicted octanol–water partition coefficient (Wildman–Crippen LogP) is 0.818. The maximum absolute atomic E-state index is 5.64. The molecule has 0 spiro atoms. The Labute approximate surface area is 115 Å². The van der Waals surface area contributed by atoms with E-state index in [4.69, 9.17) is 5.73 Å². The Morgan fingerprint density at radius 3 is 2.79 bits per heavy atom. The first kappa shape index (κ1) is 14.2. The summed E-state index contributed by atoms with van der Waals surface area (Å²) in [5.41, 5.74) is 6.77. The molecule has 0 atom stereocenters. The first-order valence-electron chi connectivity index (χ1n) is 7.25. The fraction of sp³-hybridized carbons (Fsp3) is 0.714. The second-order valence-electron chi connectivity index (χ2n) is 5.09. The van der Waals surface area contributed by atoms with Crippen LogP contribution in [0, 0.1) is 6.92 Å². The maximum atomic E-state index is 5.64. The van der Waals surface area contributed by atoms with E-state index in [0.29, 0.717) is 0 Å². The van der Waals surface area contributed by atoms with Crippen LogP contribution in [0.5, 0.6) is 0 Å². The normalized spacial score (nSPS) is 17.5. The fourth-order valence-electron chi connectivity index (χ4n) is 2.56. The van der Waals surface area contributed by atoms with Crippen molar-refractivity contribution in [3.05, 3.63) is 17.6 Å². The Morgan fingerprint density at radius 2 is 2.05 bits per heavy atom. The van der Waals surface area contributed by atoms with Gasteiger partial charge < -0.3 is 15.5 Å². The van der Waals surface area contributed by atoms with Gasteiger partial charge in [0.15, 0.2) is 0 Å². The number of hydrogen-bond donors (Lipinski definition) is 1. The Balaban J connectivity index is 2.07. The minimum absolute atomic E-state index is 0.743. The Bertz CT molecular complexity index is 407. The van der Waals surface area contributed by atoms with Crippen molar-refractivity contribution in [2.75, 3.05) is 44.2 Å². The summed E-state index contributed by atoms with van der Waals surface area (Å²) in [5, 5.41) is 0. The molecule has 2 N–H and O–H groups in total. The molecule has 19 heavy (non-hydrogen) atoms. The fourth-order valence-corrected chi connectivity index (χ4v) is 2.56. The molecule has 106 valence electrons. The van der Waals surface area contributed by atoms with E-state index in [1.54, 1.807) is 0 Å². The molecule has 5 heteroatoms. The molecular weight excluding hydrogens is 238 g/mol. The first-order valence-corrected chi connectivity index (χ1v) is 7.25. The van der Waals surface area contributed by atoms with Crippen LogP contribution in [0.2, 0.25) is 0 Å². The highest BCUT2D eigenvalue weighted by molar-refractivity contribution is 5.40. The van der Waals surface area contributed by atoms with Crippen LogP contribution < -0.4 is 10.6 Å². The standard InChI is InChI=1S/C14H25N5/c1-3-13-11-14(17-12(2)16-13)19-7-4-6-18(8-5-15)9-10-19/h11H,3-10,15H2,1-2H3.